The molecule has 0 spiro atoms. The molecule has 2 rings (SSSR count). The summed E-state index contributed by atoms with van der Waals surface area (Å²) < 4.78 is 0. The van der Waals surface area contributed by atoms with E-state index in [1.54, 1.807) is 4.90 Å². The molecule has 2 N–H and O–H groups in total. The Labute approximate surface area is 94.0 Å². The number of carbonyl (C=O) groups is 2. The first-order valence-corrected chi connectivity index (χ1v) is 5.79. The zero-order valence-corrected chi connectivity index (χ0v) is 9.13. The van der Waals surface area contributed by atoms with Crippen molar-refractivity contribution in [3.8, 4) is 0 Å². The number of likely N-dealkylation sites (tertiary alicyclic amines) is 1. The van der Waals surface area contributed by atoms with E-state index in [-0.39, 0.29) is 11.8 Å². The molecule has 90 valence electrons. The molecule has 0 unspecified atom stereocenters. The highest BCUT2D eigenvalue weighted by molar-refractivity contribution is 5.85. The number of hydrogen-bond acceptors (Lipinski definition) is 3. The van der Waals surface area contributed by atoms with Crippen LogP contribution in [0.2, 0.25) is 0 Å². The Bertz CT molecular complexity index is 298. The van der Waals surface area contributed by atoms with Crippen molar-refractivity contribution in [3.63, 3.8) is 0 Å². The molecule has 1 saturated heterocycles. The number of aliphatic hydroxyl groups excluding tert-OH is 1. The minimum absolute atomic E-state index is 0.0857. The van der Waals surface area contributed by atoms with Crippen LogP contribution in [0, 0.1) is 11.8 Å². The van der Waals surface area contributed by atoms with Crippen LogP contribution in [-0.4, -0.2) is 46.2 Å². The number of amides is 1. The summed E-state index contributed by atoms with van der Waals surface area (Å²) in [5.74, 6) is -1.85. The van der Waals surface area contributed by atoms with Gasteiger partial charge in [-0.3, -0.25) is 9.59 Å². The van der Waals surface area contributed by atoms with Crippen molar-refractivity contribution in [3.05, 3.63) is 0 Å². The van der Waals surface area contributed by atoms with Crippen molar-refractivity contribution in [2.24, 2.45) is 11.8 Å². The molecular weight excluding hydrogens is 210 g/mol. The topological polar surface area (TPSA) is 77.8 Å². The zero-order chi connectivity index (χ0) is 11.7. The third kappa shape index (κ3) is 2.04. The molecule has 0 radical (unpaired) electrons. The first kappa shape index (κ1) is 11.4. The maximum atomic E-state index is 12.0. The number of rotatable bonds is 2. The van der Waals surface area contributed by atoms with Gasteiger partial charge in [-0.1, -0.05) is 12.8 Å². The van der Waals surface area contributed by atoms with Crippen molar-refractivity contribution >= 4 is 11.9 Å². The van der Waals surface area contributed by atoms with Crippen LogP contribution in [0.4, 0.5) is 0 Å². The van der Waals surface area contributed by atoms with E-state index < -0.39 is 18.0 Å². The van der Waals surface area contributed by atoms with Crippen LogP contribution in [-0.2, 0) is 9.59 Å². The highest BCUT2D eigenvalue weighted by Gasteiger charge is 2.40. The lowest BCUT2D eigenvalue weighted by atomic mass is 9.78. The predicted octanol–water partition coefficient (Wildman–Crippen LogP) is 0.0805. The van der Waals surface area contributed by atoms with E-state index in [1.165, 1.54) is 0 Å². The minimum Gasteiger partial charge on any atom is -0.481 e. The van der Waals surface area contributed by atoms with Gasteiger partial charge >= 0.3 is 5.97 Å². The van der Waals surface area contributed by atoms with Crippen molar-refractivity contribution in [1.29, 1.82) is 0 Å². The van der Waals surface area contributed by atoms with Crippen LogP contribution in [0.3, 0.4) is 0 Å². The van der Waals surface area contributed by atoms with Gasteiger partial charge in [-0.15, -0.1) is 0 Å². The van der Waals surface area contributed by atoms with E-state index in [2.05, 4.69) is 0 Å². The highest BCUT2D eigenvalue weighted by atomic mass is 16.4. The first-order valence-electron chi connectivity index (χ1n) is 5.79. The van der Waals surface area contributed by atoms with E-state index in [4.69, 9.17) is 10.2 Å². The fourth-order valence-electron chi connectivity index (χ4n) is 2.59. The highest BCUT2D eigenvalue weighted by Crippen LogP contribution is 2.32. The Morgan fingerprint density at radius 3 is 2.12 bits per heavy atom. The van der Waals surface area contributed by atoms with Gasteiger partial charge in [-0.25, -0.2) is 0 Å². The molecule has 2 fully saturated rings. The summed E-state index contributed by atoms with van der Waals surface area (Å²) in [5.41, 5.74) is 0. The van der Waals surface area contributed by atoms with Crippen LogP contribution in [0.1, 0.15) is 25.7 Å². The Hall–Kier alpha value is -1.10. The van der Waals surface area contributed by atoms with E-state index in [0.717, 1.165) is 12.8 Å². The minimum atomic E-state index is -0.862. The van der Waals surface area contributed by atoms with Gasteiger partial charge in [0.25, 0.3) is 0 Å². The van der Waals surface area contributed by atoms with Gasteiger partial charge in [0.2, 0.25) is 5.91 Å². The number of carboxylic acids is 1. The first-order chi connectivity index (χ1) is 7.59. The molecule has 1 heterocycles. The number of nitrogens with zero attached hydrogens (tertiary/aromatic N) is 1. The summed E-state index contributed by atoms with van der Waals surface area (Å²) in [4.78, 5) is 24.6. The van der Waals surface area contributed by atoms with E-state index in [0.29, 0.717) is 25.9 Å². The number of aliphatic hydroxyl groups is 1. The normalized spacial score (nSPS) is 30.9. The van der Waals surface area contributed by atoms with E-state index in [1.807, 2.05) is 0 Å². The molecule has 0 aromatic rings. The smallest absolute Gasteiger partial charge is 0.307 e. The molecule has 1 aliphatic heterocycles. The summed E-state index contributed by atoms with van der Waals surface area (Å²) >= 11 is 0. The van der Waals surface area contributed by atoms with Crippen molar-refractivity contribution in [2.45, 2.75) is 31.8 Å². The average molecular weight is 227 g/mol. The summed E-state index contributed by atoms with van der Waals surface area (Å²) in [5, 5.41) is 18.2. The molecular formula is C11H17NO4. The zero-order valence-electron chi connectivity index (χ0n) is 9.13. The van der Waals surface area contributed by atoms with Crippen molar-refractivity contribution in [2.75, 3.05) is 13.1 Å². The quantitative estimate of drug-likeness (QED) is 0.700. The largest absolute Gasteiger partial charge is 0.481 e. The summed E-state index contributed by atoms with van der Waals surface area (Å²) in [6, 6.07) is 0. The Kier molecular flexibility index (Phi) is 3.14. The Morgan fingerprint density at radius 1 is 1.06 bits per heavy atom. The predicted molar refractivity (Wildman–Crippen MR) is 55.7 cm³/mol. The van der Waals surface area contributed by atoms with Gasteiger partial charge in [-0.05, 0) is 12.8 Å². The molecule has 1 saturated carbocycles. The Balaban J connectivity index is 2.00. The molecule has 5 nitrogen and oxygen atoms in total. The van der Waals surface area contributed by atoms with Crippen LogP contribution >= 0.6 is 0 Å². The van der Waals surface area contributed by atoms with Crippen LogP contribution in [0.5, 0.6) is 0 Å². The van der Waals surface area contributed by atoms with Crippen LogP contribution < -0.4 is 0 Å². The van der Waals surface area contributed by atoms with Crippen LogP contribution in [0.15, 0.2) is 0 Å². The van der Waals surface area contributed by atoms with Gasteiger partial charge in [0.15, 0.2) is 0 Å². The number of carbonyl (C=O) groups excluding carboxylic acids is 1. The second-order valence-electron chi connectivity index (χ2n) is 4.73. The van der Waals surface area contributed by atoms with Crippen molar-refractivity contribution < 1.29 is 19.8 Å². The molecule has 5 heteroatoms. The summed E-state index contributed by atoms with van der Waals surface area (Å²) in [6.45, 7) is 0.726. The summed E-state index contributed by atoms with van der Waals surface area (Å²) in [6.07, 6.45) is 2.67. The molecule has 1 amide bonds. The fraction of sp³-hybridized carbons (Fsp3) is 0.818. The monoisotopic (exact) mass is 227 g/mol. The Morgan fingerprint density at radius 2 is 1.62 bits per heavy atom. The third-order valence-corrected chi connectivity index (χ3v) is 3.57. The lowest BCUT2D eigenvalue weighted by Gasteiger charge is -2.40. The number of carboxylic acid groups (broad SMARTS) is 1. The summed E-state index contributed by atoms with van der Waals surface area (Å²) in [7, 11) is 0. The fourth-order valence-corrected chi connectivity index (χ4v) is 2.59. The maximum absolute atomic E-state index is 12.0. The third-order valence-electron chi connectivity index (χ3n) is 3.57. The van der Waals surface area contributed by atoms with E-state index in [9.17, 15) is 9.59 Å². The van der Waals surface area contributed by atoms with Gasteiger partial charge < -0.3 is 15.1 Å². The van der Waals surface area contributed by atoms with E-state index >= 15 is 0 Å². The maximum Gasteiger partial charge on any atom is 0.307 e. The van der Waals surface area contributed by atoms with Crippen molar-refractivity contribution in [1.82, 2.24) is 4.90 Å². The molecule has 0 aromatic heterocycles. The average Bonchev–Trinajstić information content (AvgIpc) is 2.24. The van der Waals surface area contributed by atoms with Gasteiger partial charge in [0.05, 0.1) is 17.9 Å². The molecule has 0 bridgehead atoms. The standard InChI is InChI=1S/C11H17NO4/c13-7-5-12(6-7)10(14)8-3-1-2-4-9(8)11(15)16/h7-9,13H,1-6H2,(H,15,16)/t8-,9+/m1/s1. The molecule has 2 aliphatic rings. The lowest BCUT2D eigenvalue weighted by Crippen LogP contribution is -2.56. The lowest BCUT2D eigenvalue weighted by molar-refractivity contribution is -0.157. The number of hydrogen-bond donors (Lipinski definition) is 2. The molecule has 2 atom stereocenters. The number of β-amino-alcohol motifs (C(OH)–C–C–N with tert-alkyl or cyclic N) is 1. The molecule has 0 aromatic carbocycles. The molecule has 16 heavy (non-hydrogen) atoms. The van der Waals surface area contributed by atoms with Gasteiger partial charge in [0, 0.05) is 13.1 Å². The SMILES string of the molecule is O=C(O)[C@H]1CCCC[C@H]1C(=O)N1CC(O)C1. The van der Waals surface area contributed by atoms with Gasteiger partial charge in [-0.2, -0.15) is 0 Å². The molecule has 1 aliphatic carbocycles. The number of aliphatic carboxylic acids is 1. The van der Waals surface area contributed by atoms with Gasteiger partial charge in [0.1, 0.15) is 0 Å². The van der Waals surface area contributed by atoms with Crippen LogP contribution in [0.25, 0.3) is 0 Å². The second-order valence-corrected chi connectivity index (χ2v) is 4.73. The second kappa shape index (κ2) is 4.41.